The quantitative estimate of drug-likeness (QED) is 0.188. The van der Waals surface area contributed by atoms with Crippen LogP contribution in [0.25, 0.3) is 0 Å². The standard InChI is InChI=1S/C9H21IN2O3/c1-13-9(12-8-10)7-15-6-5-14-4-2-3-11/h9,12H,2-8,11H2,1H3. The Morgan fingerprint density at radius 1 is 1.27 bits per heavy atom. The van der Waals surface area contributed by atoms with Gasteiger partial charge in [-0.25, -0.2) is 0 Å². The van der Waals surface area contributed by atoms with Crippen LogP contribution in [0, 0.1) is 0 Å². The molecule has 0 radical (unpaired) electrons. The highest BCUT2D eigenvalue weighted by Gasteiger charge is 2.04. The Morgan fingerprint density at radius 3 is 2.60 bits per heavy atom. The van der Waals surface area contributed by atoms with Crippen LogP contribution in [0.5, 0.6) is 0 Å². The normalized spacial score (nSPS) is 13.0. The molecule has 0 spiro atoms. The summed E-state index contributed by atoms with van der Waals surface area (Å²) < 4.78 is 16.6. The van der Waals surface area contributed by atoms with E-state index < -0.39 is 0 Å². The molecule has 0 aromatic carbocycles. The number of alkyl halides is 1. The largest absolute Gasteiger partial charge is 0.379 e. The summed E-state index contributed by atoms with van der Waals surface area (Å²) in [5, 5.41) is 3.13. The lowest BCUT2D eigenvalue weighted by Crippen LogP contribution is -2.34. The zero-order chi connectivity index (χ0) is 11.4. The summed E-state index contributed by atoms with van der Waals surface area (Å²) in [5.41, 5.74) is 5.32. The molecule has 1 atom stereocenters. The lowest BCUT2D eigenvalue weighted by Gasteiger charge is -2.15. The van der Waals surface area contributed by atoms with Crippen LogP contribution in [0.4, 0.5) is 0 Å². The first kappa shape index (κ1) is 15.5. The number of nitrogens with one attached hydrogen (secondary N) is 1. The second-order valence-electron chi connectivity index (χ2n) is 2.89. The minimum atomic E-state index is -0.0362. The van der Waals surface area contributed by atoms with Gasteiger partial charge in [0.05, 0.1) is 24.4 Å². The van der Waals surface area contributed by atoms with Crippen molar-refractivity contribution in [3.8, 4) is 0 Å². The monoisotopic (exact) mass is 332 g/mol. The van der Waals surface area contributed by atoms with Gasteiger partial charge >= 0.3 is 0 Å². The molecule has 0 aliphatic rings. The lowest BCUT2D eigenvalue weighted by molar-refractivity contribution is -0.0240. The van der Waals surface area contributed by atoms with Crippen molar-refractivity contribution < 1.29 is 14.2 Å². The fraction of sp³-hybridized carbons (Fsp3) is 1.00. The molecule has 0 rings (SSSR count). The third kappa shape index (κ3) is 10.8. The number of hydrogen-bond acceptors (Lipinski definition) is 5. The molecule has 92 valence electrons. The zero-order valence-corrected chi connectivity index (χ0v) is 11.4. The molecule has 0 aliphatic carbocycles. The van der Waals surface area contributed by atoms with E-state index >= 15 is 0 Å². The third-order valence-corrected chi connectivity index (χ3v) is 2.16. The van der Waals surface area contributed by atoms with Gasteiger partial charge in [-0.3, -0.25) is 5.32 Å². The molecule has 15 heavy (non-hydrogen) atoms. The smallest absolute Gasteiger partial charge is 0.131 e. The van der Waals surface area contributed by atoms with Crippen LogP contribution in [-0.2, 0) is 14.2 Å². The number of rotatable bonds is 11. The van der Waals surface area contributed by atoms with Gasteiger partial charge in [-0.05, 0) is 13.0 Å². The Hall–Kier alpha value is 0.530. The van der Waals surface area contributed by atoms with Crippen LogP contribution < -0.4 is 11.1 Å². The van der Waals surface area contributed by atoms with E-state index in [0.29, 0.717) is 33.0 Å². The van der Waals surface area contributed by atoms with Gasteiger partial charge in [0.1, 0.15) is 6.23 Å². The molecule has 0 amide bonds. The first-order valence-electron chi connectivity index (χ1n) is 5.02. The molecule has 0 heterocycles. The molecule has 0 fully saturated rings. The fourth-order valence-corrected chi connectivity index (χ4v) is 1.38. The zero-order valence-electron chi connectivity index (χ0n) is 9.21. The molecule has 1 unspecified atom stereocenters. The minimum absolute atomic E-state index is 0.0362. The summed E-state index contributed by atoms with van der Waals surface area (Å²) in [6.45, 7) is 3.12. The third-order valence-electron chi connectivity index (χ3n) is 1.72. The maximum absolute atomic E-state index is 5.37. The number of hydrogen-bond donors (Lipinski definition) is 2. The summed E-state index contributed by atoms with van der Waals surface area (Å²) in [4.78, 5) is 0. The van der Waals surface area contributed by atoms with E-state index in [1.807, 2.05) is 0 Å². The molecule has 0 saturated carbocycles. The van der Waals surface area contributed by atoms with Crippen molar-refractivity contribution in [2.24, 2.45) is 5.73 Å². The number of halogens is 1. The summed E-state index contributed by atoms with van der Waals surface area (Å²) in [6.07, 6.45) is 0.864. The number of methoxy groups -OCH3 is 1. The van der Waals surface area contributed by atoms with Crippen LogP contribution in [0.2, 0.25) is 0 Å². The molecule has 0 aromatic rings. The molecular weight excluding hydrogens is 311 g/mol. The van der Waals surface area contributed by atoms with Crippen molar-refractivity contribution in [3.63, 3.8) is 0 Å². The second kappa shape index (κ2) is 12.6. The van der Waals surface area contributed by atoms with Gasteiger partial charge < -0.3 is 19.9 Å². The number of ether oxygens (including phenoxy) is 3. The van der Waals surface area contributed by atoms with E-state index in [1.165, 1.54) is 0 Å². The van der Waals surface area contributed by atoms with E-state index in [1.54, 1.807) is 7.11 Å². The summed E-state index contributed by atoms with van der Waals surface area (Å²) in [6, 6.07) is 0. The molecule has 6 heteroatoms. The van der Waals surface area contributed by atoms with Crippen LogP contribution in [0.1, 0.15) is 6.42 Å². The first-order valence-corrected chi connectivity index (χ1v) is 6.55. The van der Waals surface area contributed by atoms with E-state index in [2.05, 4.69) is 27.9 Å². The van der Waals surface area contributed by atoms with Crippen molar-refractivity contribution in [1.82, 2.24) is 5.32 Å². The average Bonchev–Trinajstić information content (AvgIpc) is 2.26. The molecule has 5 nitrogen and oxygen atoms in total. The van der Waals surface area contributed by atoms with Gasteiger partial charge in [0, 0.05) is 13.7 Å². The molecule has 0 aliphatic heterocycles. The van der Waals surface area contributed by atoms with E-state index in [-0.39, 0.29) is 6.23 Å². The Kier molecular flexibility index (Phi) is 13.0. The topological polar surface area (TPSA) is 65.7 Å². The minimum Gasteiger partial charge on any atom is -0.379 e. The molecular formula is C9H21IN2O3. The maximum atomic E-state index is 5.37. The van der Waals surface area contributed by atoms with E-state index in [9.17, 15) is 0 Å². The first-order chi connectivity index (χ1) is 7.35. The Bertz CT molecular complexity index is 130. The van der Waals surface area contributed by atoms with Gasteiger partial charge in [-0.2, -0.15) is 0 Å². The molecule has 0 aromatic heterocycles. The summed E-state index contributed by atoms with van der Waals surface area (Å²) in [5.74, 6) is 0. The maximum Gasteiger partial charge on any atom is 0.131 e. The Balaban J connectivity index is 3.14. The highest BCUT2D eigenvalue weighted by Crippen LogP contribution is 1.89. The molecule has 0 saturated heterocycles. The van der Waals surface area contributed by atoms with E-state index in [0.717, 1.165) is 11.0 Å². The SMILES string of the molecule is COC(COCCOCCCN)NCI. The van der Waals surface area contributed by atoms with Crippen LogP contribution in [0.3, 0.4) is 0 Å². The van der Waals surface area contributed by atoms with E-state index in [4.69, 9.17) is 19.9 Å². The van der Waals surface area contributed by atoms with Crippen molar-refractivity contribution in [2.75, 3.05) is 44.6 Å². The highest BCUT2D eigenvalue weighted by molar-refractivity contribution is 14.1. The Labute approximate surface area is 105 Å². The predicted octanol–water partition coefficient (Wildman–Crippen LogP) is 0.323. The van der Waals surface area contributed by atoms with Gasteiger partial charge in [0.2, 0.25) is 0 Å². The average molecular weight is 332 g/mol. The Morgan fingerprint density at radius 2 is 2.00 bits per heavy atom. The van der Waals surface area contributed by atoms with Crippen molar-refractivity contribution in [1.29, 1.82) is 0 Å². The van der Waals surface area contributed by atoms with Gasteiger partial charge in [-0.1, -0.05) is 22.6 Å². The van der Waals surface area contributed by atoms with Crippen molar-refractivity contribution in [3.05, 3.63) is 0 Å². The molecule has 3 N–H and O–H groups in total. The van der Waals surface area contributed by atoms with Crippen LogP contribution in [-0.4, -0.2) is 50.9 Å². The van der Waals surface area contributed by atoms with Gasteiger partial charge in [0.15, 0.2) is 0 Å². The van der Waals surface area contributed by atoms with Crippen molar-refractivity contribution >= 4 is 22.6 Å². The lowest BCUT2D eigenvalue weighted by atomic mass is 10.5. The number of nitrogens with two attached hydrogens (primary N) is 1. The van der Waals surface area contributed by atoms with Gasteiger partial charge in [-0.15, -0.1) is 0 Å². The summed E-state index contributed by atoms with van der Waals surface area (Å²) >= 11 is 2.23. The van der Waals surface area contributed by atoms with Crippen molar-refractivity contribution in [2.45, 2.75) is 12.6 Å². The van der Waals surface area contributed by atoms with Gasteiger partial charge in [0.25, 0.3) is 0 Å². The summed E-state index contributed by atoms with van der Waals surface area (Å²) in [7, 11) is 1.66. The fourth-order valence-electron chi connectivity index (χ4n) is 0.892. The highest BCUT2D eigenvalue weighted by atomic mass is 127. The predicted molar refractivity (Wildman–Crippen MR) is 68.1 cm³/mol. The van der Waals surface area contributed by atoms with Crippen LogP contribution >= 0.6 is 22.6 Å². The molecule has 0 bridgehead atoms. The van der Waals surface area contributed by atoms with Crippen LogP contribution in [0.15, 0.2) is 0 Å². The second-order valence-corrected chi connectivity index (χ2v) is 3.65.